The summed E-state index contributed by atoms with van der Waals surface area (Å²) in [6.45, 7) is 2.68. The van der Waals surface area contributed by atoms with Crippen molar-refractivity contribution in [1.82, 2.24) is 5.32 Å². The highest BCUT2D eigenvalue weighted by Gasteiger charge is 2.24. The number of hydrogen-bond donors (Lipinski definition) is 1. The molecule has 0 radical (unpaired) electrons. The first kappa shape index (κ1) is 11.2. The molecule has 0 aliphatic heterocycles. The zero-order valence-electron chi connectivity index (χ0n) is 9.70. The van der Waals surface area contributed by atoms with Gasteiger partial charge < -0.3 is 9.73 Å². The Balaban J connectivity index is 1.87. The average molecular weight is 218 g/mol. The maximum absolute atomic E-state index is 9.05. The predicted octanol–water partition coefficient (Wildman–Crippen LogP) is 2.76. The number of furan rings is 1. The number of aryl methyl sites for hydroxylation is 1. The molecule has 2 rings (SSSR count). The summed E-state index contributed by atoms with van der Waals surface area (Å²) < 4.78 is 5.50. The fourth-order valence-electron chi connectivity index (χ4n) is 2.34. The zero-order valence-corrected chi connectivity index (χ0v) is 9.70. The molecule has 1 aromatic heterocycles. The Bertz CT molecular complexity index is 378. The van der Waals surface area contributed by atoms with Gasteiger partial charge in [0.2, 0.25) is 0 Å². The highest BCUT2D eigenvalue weighted by atomic mass is 16.3. The van der Waals surface area contributed by atoms with Crippen LogP contribution in [-0.4, -0.2) is 6.04 Å². The summed E-state index contributed by atoms with van der Waals surface area (Å²) >= 11 is 0. The van der Waals surface area contributed by atoms with Crippen LogP contribution in [0.5, 0.6) is 0 Å². The predicted molar refractivity (Wildman–Crippen MR) is 61.6 cm³/mol. The Kier molecular flexibility index (Phi) is 3.63. The van der Waals surface area contributed by atoms with Gasteiger partial charge in [-0.05, 0) is 31.9 Å². The van der Waals surface area contributed by atoms with E-state index in [4.69, 9.17) is 9.68 Å². The largest absolute Gasteiger partial charge is 0.465 e. The van der Waals surface area contributed by atoms with E-state index in [2.05, 4.69) is 11.4 Å². The van der Waals surface area contributed by atoms with Crippen LogP contribution in [0.2, 0.25) is 0 Å². The molecule has 3 nitrogen and oxygen atoms in total. The monoisotopic (exact) mass is 218 g/mol. The Hall–Kier alpha value is -1.27. The lowest BCUT2D eigenvalue weighted by atomic mass is 9.85. The lowest BCUT2D eigenvalue weighted by molar-refractivity contribution is 0.301. The van der Waals surface area contributed by atoms with Crippen molar-refractivity contribution >= 4 is 0 Å². The molecular weight excluding hydrogens is 200 g/mol. The first-order valence-corrected chi connectivity index (χ1v) is 5.98. The fourth-order valence-corrected chi connectivity index (χ4v) is 2.34. The van der Waals surface area contributed by atoms with E-state index in [9.17, 15) is 0 Å². The number of nitrogens with zero attached hydrogens (tertiary/aromatic N) is 1. The van der Waals surface area contributed by atoms with Crippen LogP contribution in [0, 0.1) is 24.2 Å². The third-order valence-electron chi connectivity index (χ3n) is 3.27. The first-order chi connectivity index (χ1) is 7.79. The summed E-state index contributed by atoms with van der Waals surface area (Å²) in [6, 6.07) is 6.70. The number of hydrogen-bond acceptors (Lipinski definition) is 3. The molecule has 3 heteroatoms. The Labute approximate surface area is 96.4 Å². The van der Waals surface area contributed by atoms with E-state index in [1.54, 1.807) is 0 Å². The third kappa shape index (κ3) is 2.65. The average Bonchev–Trinajstić information content (AvgIpc) is 2.73. The molecular formula is C13H18N2O. The van der Waals surface area contributed by atoms with Gasteiger partial charge in [-0.1, -0.05) is 12.8 Å². The quantitative estimate of drug-likeness (QED) is 0.848. The molecule has 2 unspecified atom stereocenters. The summed E-state index contributed by atoms with van der Waals surface area (Å²) in [6.07, 6.45) is 4.56. The van der Waals surface area contributed by atoms with E-state index >= 15 is 0 Å². The molecule has 0 amide bonds. The van der Waals surface area contributed by atoms with Crippen LogP contribution in [0.15, 0.2) is 16.5 Å². The Morgan fingerprint density at radius 2 is 2.25 bits per heavy atom. The van der Waals surface area contributed by atoms with Crippen molar-refractivity contribution in [3.8, 4) is 6.07 Å². The van der Waals surface area contributed by atoms with Gasteiger partial charge in [-0.2, -0.15) is 5.26 Å². The molecule has 1 aromatic rings. The SMILES string of the molecule is Cc1ccc(CNC2CCCCC2C#N)o1. The standard InChI is InChI=1S/C13H18N2O/c1-10-6-7-12(16-10)9-15-13-5-3-2-4-11(13)8-14/h6-7,11,13,15H,2-5,9H2,1H3. The van der Waals surface area contributed by atoms with Crippen LogP contribution in [0.4, 0.5) is 0 Å². The fraction of sp³-hybridized carbons (Fsp3) is 0.615. The molecule has 0 spiro atoms. The van der Waals surface area contributed by atoms with Crippen LogP contribution >= 0.6 is 0 Å². The maximum atomic E-state index is 9.05. The second kappa shape index (κ2) is 5.18. The minimum Gasteiger partial charge on any atom is -0.465 e. The minimum atomic E-state index is 0.171. The number of rotatable bonds is 3. The van der Waals surface area contributed by atoms with Crippen molar-refractivity contribution < 1.29 is 4.42 Å². The van der Waals surface area contributed by atoms with Gasteiger partial charge >= 0.3 is 0 Å². The zero-order chi connectivity index (χ0) is 11.4. The van der Waals surface area contributed by atoms with Gasteiger partial charge in [0, 0.05) is 6.04 Å². The van der Waals surface area contributed by atoms with Gasteiger partial charge in [0.05, 0.1) is 18.5 Å². The topological polar surface area (TPSA) is 49.0 Å². The van der Waals surface area contributed by atoms with Crippen LogP contribution < -0.4 is 5.32 Å². The van der Waals surface area contributed by atoms with Crippen molar-refractivity contribution in [1.29, 1.82) is 5.26 Å². The second-order valence-electron chi connectivity index (χ2n) is 4.52. The highest BCUT2D eigenvalue weighted by molar-refractivity contribution is 5.06. The molecule has 1 aliphatic rings. The third-order valence-corrected chi connectivity index (χ3v) is 3.27. The van der Waals surface area contributed by atoms with E-state index in [0.717, 1.165) is 30.9 Å². The van der Waals surface area contributed by atoms with Crippen LogP contribution in [0.1, 0.15) is 37.2 Å². The minimum absolute atomic E-state index is 0.171. The molecule has 1 heterocycles. The highest BCUT2D eigenvalue weighted by Crippen LogP contribution is 2.24. The van der Waals surface area contributed by atoms with Crippen molar-refractivity contribution in [3.63, 3.8) is 0 Å². The smallest absolute Gasteiger partial charge is 0.117 e. The Morgan fingerprint density at radius 1 is 1.44 bits per heavy atom. The molecule has 2 atom stereocenters. The maximum Gasteiger partial charge on any atom is 0.117 e. The molecule has 1 N–H and O–H groups in total. The molecule has 0 saturated heterocycles. The molecule has 0 bridgehead atoms. The van der Waals surface area contributed by atoms with Crippen LogP contribution in [0.3, 0.4) is 0 Å². The van der Waals surface area contributed by atoms with Gasteiger partial charge in [0.15, 0.2) is 0 Å². The lowest BCUT2D eigenvalue weighted by Crippen LogP contribution is -2.37. The van der Waals surface area contributed by atoms with E-state index in [0.29, 0.717) is 6.04 Å². The number of nitrogens with one attached hydrogen (secondary N) is 1. The molecule has 1 aliphatic carbocycles. The van der Waals surface area contributed by atoms with E-state index in [1.807, 2.05) is 19.1 Å². The Morgan fingerprint density at radius 3 is 2.94 bits per heavy atom. The summed E-state index contributed by atoms with van der Waals surface area (Å²) in [5.74, 6) is 2.07. The van der Waals surface area contributed by atoms with Crippen molar-refractivity contribution in [2.45, 2.75) is 45.2 Å². The normalized spacial score (nSPS) is 25.2. The lowest BCUT2D eigenvalue weighted by Gasteiger charge is -2.27. The second-order valence-corrected chi connectivity index (χ2v) is 4.52. The van der Waals surface area contributed by atoms with E-state index < -0.39 is 0 Å². The molecule has 16 heavy (non-hydrogen) atoms. The van der Waals surface area contributed by atoms with E-state index in [-0.39, 0.29) is 5.92 Å². The molecule has 1 fully saturated rings. The summed E-state index contributed by atoms with van der Waals surface area (Å²) in [4.78, 5) is 0. The van der Waals surface area contributed by atoms with Crippen molar-refractivity contribution in [2.24, 2.45) is 5.92 Å². The van der Waals surface area contributed by atoms with Gasteiger partial charge in [-0.25, -0.2) is 0 Å². The molecule has 86 valence electrons. The van der Waals surface area contributed by atoms with Gasteiger partial charge in [0.25, 0.3) is 0 Å². The summed E-state index contributed by atoms with van der Waals surface area (Å²) in [7, 11) is 0. The van der Waals surface area contributed by atoms with Crippen LogP contribution in [-0.2, 0) is 6.54 Å². The summed E-state index contributed by atoms with van der Waals surface area (Å²) in [5, 5.41) is 12.5. The van der Waals surface area contributed by atoms with Gasteiger partial charge in [0.1, 0.15) is 11.5 Å². The van der Waals surface area contributed by atoms with Crippen molar-refractivity contribution in [3.05, 3.63) is 23.7 Å². The van der Waals surface area contributed by atoms with Gasteiger partial charge in [-0.15, -0.1) is 0 Å². The summed E-state index contributed by atoms with van der Waals surface area (Å²) in [5.41, 5.74) is 0. The van der Waals surface area contributed by atoms with Crippen LogP contribution in [0.25, 0.3) is 0 Å². The van der Waals surface area contributed by atoms with Gasteiger partial charge in [-0.3, -0.25) is 0 Å². The number of nitriles is 1. The molecule has 1 saturated carbocycles. The first-order valence-electron chi connectivity index (χ1n) is 5.98. The van der Waals surface area contributed by atoms with Crippen molar-refractivity contribution in [2.75, 3.05) is 0 Å². The molecule has 0 aromatic carbocycles. The van der Waals surface area contributed by atoms with E-state index in [1.165, 1.54) is 12.8 Å².